The maximum absolute atomic E-state index is 12.5. The van der Waals surface area contributed by atoms with Crippen LogP contribution >= 0.6 is 0 Å². The molecule has 0 saturated heterocycles. The number of aryl methyl sites for hydroxylation is 3. The highest BCUT2D eigenvalue weighted by Crippen LogP contribution is 2.38. The van der Waals surface area contributed by atoms with Gasteiger partial charge >= 0.3 is 0 Å². The lowest BCUT2D eigenvalue weighted by Crippen LogP contribution is -2.23. The van der Waals surface area contributed by atoms with E-state index in [9.17, 15) is 9.59 Å². The van der Waals surface area contributed by atoms with Gasteiger partial charge in [-0.3, -0.25) is 9.59 Å². The van der Waals surface area contributed by atoms with Crippen molar-refractivity contribution >= 4 is 23.3 Å². The summed E-state index contributed by atoms with van der Waals surface area (Å²) in [6.07, 6.45) is 0.0289. The number of aromatic nitrogens is 2. The van der Waals surface area contributed by atoms with Gasteiger partial charge in [-0.1, -0.05) is 36.4 Å². The summed E-state index contributed by atoms with van der Waals surface area (Å²) < 4.78 is 1.64. The molecule has 2 aromatic carbocycles. The standard InChI is InChI=1S/C22H22N4O2/c1-13-9-10-17(11-14(13)2)23-19(27)12-18-22(28)24-21-20(15(3)25-26(18)21)16-7-5-4-6-8-16/h4-11,18H,12H2,1-3H3,(H,23,27)(H,24,28). The van der Waals surface area contributed by atoms with Gasteiger partial charge in [-0.05, 0) is 49.6 Å². The molecule has 1 aliphatic heterocycles. The molecule has 2 amide bonds. The molecule has 6 nitrogen and oxygen atoms in total. The van der Waals surface area contributed by atoms with Gasteiger partial charge in [0.2, 0.25) is 5.91 Å². The predicted molar refractivity (Wildman–Crippen MR) is 109 cm³/mol. The molecule has 0 bridgehead atoms. The quantitative estimate of drug-likeness (QED) is 0.725. The Hall–Kier alpha value is -3.41. The zero-order valence-corrected chi connectivity index (χ0v) is 16.1. The average Bonchev–Trinajstić information content (AvgIpc) is 3.13. The molecule has 28 heavy (non-hydrogen) atoms. The molecule has 0 fully saturated rings. The van der Waals surface area contributed by atoms with Crippen LogP contribution in [-0.4, -0.2) is 21.6 Å². The number of nitrogens with one attached hydrogen (secondary N) is 2. The van der Waals surface area contributed by atoms with E-state index >= 15 is 0 Å². The molecule has 2 N–H and O–H groups in total. The van der Waals surface area contributed by atoms with Crippen LogP contribution in [0.5, 0.6) is 0 Å². The van der Waals surface area contributed by atoms with E-state index in [1.54, 1.807) is 4.68 Å². The zero-order chi connectivity index (χ0) is 19.8. The minimum atomic E-state index is -0.655. The average molecular weight is 374 g/mol. The Morgan fingerprint density at radius 2 is 1.86 bits per heavy atom. The van der Waals surface area contributed by atoms with Gasteiger partial charge in [0.15, 0.2) is 0 Å². The summed E-state index contributed by atoms with van der Waals surface area (Å²) in [5.74, 6) is 0.221. The number of nitrogens with zero attached hydrogens (tertiary/aromatic N) is 2. The van der Waals surface area contributed by atoms with Crippen molar-refractivity contribution in [2.75, 3.05) is 10.6 Å². The first-order valence-electron chi connectivity index (χ1n) is 9.26. The van der Waals surface area contributed by atoms with Crippen LogP contribution in [0.1, 0.15) is 29.3 Å². The fraction of sp³-hybridized carbons (Fsp3) is 0.227. The molecule has 0 aliphatic carbocycles. The number of rotatable bonds is 4. The number of benzene rings is 2. The summed E-state index contributed by atoms with van der Waals surface area (Å²) in [5, 5.41) is 10.3. The minimum absolute atomic E-state index is 0.0289. The zero-order valence-electron chi connectivity index (χ0n) is 16.1. The summed E-state index contributed by atoms with van der Waals surface area (Å²) in [7, 11) is 0. The van der Waals surface area contributed by atoms with Crippen molar-refractivity contribution in [3.63, 3.8) is 0 Å². The molecule has 1 atom stereocenters. The highest BCUT2D eigenvalue weighted by molar-refractivity contribution is 6.04. The third-order valence-electron chi connectivity index (χ3n) is 5.16. The molecule has 1 aromatic heterocycles. The lowest BCUT2D eigenvalue weighted by Gasteiger charge is -2.11. The van der Waals surface area contributed by atoms with E-state index in [-0.39, 0.29) is 18.2 Å². The van der Waals surface area contributed by atoms with E-state index in [0.717, 1.165) is 28.1 Å². The lowest BCUT2D eigenvalue weighted by atomic mass is 10.1. The van der Waals surface area contributed by atoms with Crippen molar-refractivity contribution in [3.8, 4) is 11.1 Å². The van der Waals surface area contributed by atoms with E-state index in [2.05, 4.69) is 15.7 Å². The molecular weight excluding hydrogens is 352 g/mol. The molecule has 0 saturated carbocycles. The van der Waals surface area contributed by atoms with Gasteiger partial charge in [-0.15, -0.1) is 0 Å². The maximum atomic E-state index is 12.5. The molecule has 142 valence electrons. The van der Waals surface area contributed by atoms with Crippen molar-refractivity contribution < 1.29 is 9.59 Å². The second-order valence-corrected chi connectivity index (χ2v) is 7.18. The van der Waals surface area contributed by atoms with Gasteiger partial charge in [0, 0.05) is 11.3 Å². The second-order valence-electron chi connectivity index (χ2n) is 7.18. The third kappa shape index (κ3) is 3.17. The summed E-state index contributed by atoms with van der Waals surface area (Å²) in [5.41, 5.74) is 5.70. The molecule has 1 unspecified atom stereocenters. The van der Waals surface area contributed by atoms with Gasteiger partial charge in [0.1, 0.15) is 11.9 Å². The van der Waals surface area contributed by atoms with Crippen molar-refractivity contribution in [2.45, 2.75) is 33.2 Å². The van der Waals surface area contributed by atoms with E-state index in [0.29, 0.717) is 5.82 Å². The fourth-order valence-electron chi connectivity index (χ4n) is 3.54. The Morgan fingerprint density at radius 3 is 2.57 bits per heavy atom. The molecule has 4 rings (SSSR count). The fourth-order valence-corrected chi connectivity index (χ4v) is 3.54. The first kappa shape index (κ1) is 18.0. The van der Waals surface area contributed by atoms with Gasteiger partial charge in [0.05, 0.1) is 12.1 Å². The predicted octanol–water partition coefficient (Wildman–Crippen LogP) is 4.00. The first-order chi connectivity index (χ1) is 13.4. The molecule has 2 heterocycles. The maximum Gasteiger partial charge on any atom is 0.251 e. The molecule has 6 heteroatoms. The monoisotopic (exact) mass is 374 g/mol. The number of anilines is 2. The third-order valence-corrected chi connectivity index (χ3v) is 5.16. The Morgan fingerprint density at radius 1 is 1.11 bits per heavy atom. The van der Waals surface area contributed by atoms with Gasteiger partial charge < -0.3 is 10.6 Å². The SMILES string of the molecule is Cc1ccc(NC(=O)CC2C(=O)Nc3c(-c4ccccc4)c(C)nn32)cc1C. The van der Waals surface area contributed by atoms with Crippen molar-refractivity contribution in [1.29, 1.82) is 0 Å². The summed E-state index contributed by atoms with van der Waals surface area (Å²) in [6, 6.07) is 14.9. The highest BCUT2D eigenvalue weighted by Gasteiger charge is 2.36. The normalized spacial score (nSPS) is 15.2. The number of hydrogen-bond acceptors (Lipinski definition) is 3. The van der Waals surface area contributed by atoms with E-state index in [4.69, 9.17) is 0 Å². The van der Waals surface area contributed by atoms with Crippen LogP contribution in [0.25, 0.3) is 11.1 Å². The summed E-state index contributed by atoms with van der Waals surface area (Å²) in [6.45, 7) is 5.93. The van der Waals surface area contributed by atoms with Gasteiger partial charge in [-0.2, -0.15) is 5.10 Å². The number of amides is 2. The molecule has 1 aliphatic rings. The molecule has 0 radical (unpaired) electrons. The Bertz CT molecular complexity index is 1070. The van der Waals surface area contributed by atoms with Crippen LogP contribution in [-0.2, 0) is 9.59 Å². The topological polar surface area (TPSA) is 76.0 Å². The van der Waals surface area contributed by atoms with Crippen molar-refractivity contribution in [3.05, 3.63) is 65.4 Å². The minimum Gasteiger partial charge on any atom is -0.326 e. The van der Waals surface area contributed by atoms with E-state index in [1.807, 2.05) is 69.3 Å². The smallest absolute Gasteiger partial charge is 0.251 e. The van der Waals surface area contributed by atoms with E-state index in [1.165, 1.54) is 5.56 Å². The van der Waals surface area contributed by atoms with Crippen LogP contribution in [0.15, 0.2) is 48.5 Å². The number of fused-ring (bicyclic) bond motifs is 1. The summed E-state index contributed by atoms with van der Waals surface area (Å²) >= 11 is 0. The number of carbonyl (C=O) groups is 2. The van der Waals surface area contributed by atoms with Crippen LogP contribution in [0.4, 0.5) is 11.5 Å². The summed E-state index contributed by atoms with van der Waals surface area (Å²) in [4.78, 5) is 25.1. The van der Waals surface area contributed by atoms with Crippen LogP contribution < -0.4 is 10.6 Å². The van der Waals surface area contributed by atoms with Gasteiger partial charge in [-0.25, -0.2) is 4.68 Å². The van der Waals surface area contributed by atoms with Crippen molar-refractivity contribution in [2.24, 2.45) is 0 Å². The van der Waals surface area contributed by atoms with Crippen LogP contribution in [0, 0.1) is 20.8 Å². The van der Waals surface area contributed by atoms with Crippen LogP contribution in [0.3, 0.4) is 0 Å². The first-order valence-corrected chi connectivity index (χ1v) is 9.26. The molecule has 3 aromatic rings. The number of hydrogen-bond donors (Lipinski definition) is 2. The Labute approximate surface area is 163 Å². The molecule has 0 spiro atoms. The van der Waals surface area contributed by atoms with Crippen molar-refractivity contribution in [1.82, 2.24) is 9.78 Å². The molecular formula is C22H22N4O2. The number of carbonyl (C=O) groups excluding carboxylic acids is 2. The second kappa shape index (κ2) is 6.96. The Kier molecular flexibility index (Phi) is 4.47. The lowest BCUT2D eigenvalue weighted by molar-refractivity contribution is -0.123. The highest BCUT2D eigenvalue weighted by atomic mass is 16.2. The van der Waals surface area contributed by atoms with E-state index < -0.39 is 6.04 Å². The van der Waals surface area contributed by atoms with Gasteiger partial charge in [0.25, 0.3) is 5.91 Å². The Balaban J connectivity index is 1.57. The van der Waals surface area contributed by atoms with Crippen LogP contribution in [0.2, 0.25) is 0 Å². The largest absolute Gasteiger partial charge is 0.326 e.